The molecule has 0 aliphatic carbocycles. The first-order valence-electron chi connectivity index (χ1n) is 10.0. The molecule has 2 aromatic rings. The summed E-state index contributed by atoms with van der Waals surface area (Å²) in [6.07, 6.45) is 1.97. The Bertz CT molecular complexity index is 934. The molecule has 1 fully saturated rings. The van der Waals surface area contributed by atoms with E-state index >= 15 is 0 Å². The first-order valence-corrected chi connectivity index (χ1v) is 10.0. The highest BCUT2D eigenvalue weighted by molar-refractivity contribution is 6.05. The number of rotatable bonds is 6. The predicted octanol–water partition coefficient (Wildman–Crippen LogP) is 4.26. The van der Waals surface area contributed by atoms with E-state index in [4.69, 9.17) is 4.74 Å². The van der Waals surface area contributed by atoms with Crippen molar-refractivity contribution < 1.29 is 19.2 Å². The molecule has 0 atom stereocenters. The third kappa shape index (κ3) is 4.94. The molecule has 3 rings (SSSR count). The molecule has 30 heavy (non-hydrogen) atoms. The smallest absolute Gasteiger partial charge is 0.338 e. The van der Waals surface area contributed by atoms with Gasteiger partial charge in [-0.2, -0.15) is 0 Å². The first-order chi connectivity index (χ1) is 14.4. The van der Waals surface area contributed by atoms with Crippen LogP contribution in [-0.4, -0.2) is 36.5 Å². The fourth-order valence-electron chi connectivity index (χ4n) is 3.44. The van der Waals surface area contributed by atoms with Gasteiger partial charge < -0.3 is 15.0 Å². The number of esters is 1. The lowest BCUT2D eigenvalue weighted by molar-refractivity contribution is -0.384. The summed E-state index contributed by atoms with van der Waals surface area (Å²) in [5.41, 5.74) is 1.53. The molecule has 2 aromatic carbocycles. The summed E-state index contributed by atoms with van der Waals surface area (Å²) in [6, 6.07) is 10.8. The number of nitro benzene ring substituents is 1. The van der Waals surface area contributed by atoms with Gasteiger partial charge in [0, 0.05) is 30.4 Å². The van der Waals surface area contributed by atoms with Crippen LogP contribution >= 0.6 is 0 Å². The topological polar surface area (TPSA) is 102 Å². The van der Waals surface area contributed by atoms with Gasteiger partial charge in [0.15, 0.2) is 0 Å². The maximum atomic E-state index is 12.6. The first kappa shape index (κ1) is 21.3. The molecule has 0 saturated carbocycles. The Morgan fingerprint density at radius 3 is 2.37 bits per heavy atom. The highest BCUT2D eigenvalue weighted by Gasteiger charge is 2.24. The minimum atomic E-state index is -0.458. The second kappa shape index (κ2) is 9.39. The van der Waals surface area contributed by atoms with Crippen LogP contribution in [0, 0.1) is 16.0 Å². The number of hydrogen-bond donors (Lipinski definition) is 1. The molecule has 0 aromatic heterocycles. The van der Waals surface area contributed by atoms with E-state index in [0.29, 0.717) is 22.9 Å². The number of carbonyl (C=O) groups is 2. The largest absolute Gasteiger partial charge is 0.462 e. The Balaban J connectivity index is 1.75. The van der Waals surface area contributed by atoms with Gasteiger partial charge in [0.05, 0.1) is 17.1 Å². The second-order valence-corrected chi connectivity index (χ2v) is 7.38. The lowest BCUT2D eigenvalue weighted by Crippen LogP contribution is -2.33. The number of amides is 1. The molecule has 1 N–H and O–H groups in total. The van der Waals surface area contributed by atoms with Crippen molar-refractivity contribution in [3.8, 4) is 0 Å². The van der Waals surface area contributed by atoms with E-state index in [-0.39, 0.29) is 17.9 Å². The van der Waals surface area contributed by atoms with Crippen molar-refractivity contribution in [2.24, 2.45) is 5.92 Å². The lowest BCUT2D eigenvalue weighted by atomic mass is 9.98. The Morgan fingerprint density at radius 1 is 1.13 bits per heavy atom. The number of hydrogen-bond acceptors (Lipinski definition) is 6. The van der Waals surface area contributed by atoms with Gasteiger partial charge in [-0.05, 0) is 62.1 Å². The number of nitrogens with zero attached hydrogens (tertiary/aromatic N) is 2. The summed E-state index contributed by atoms with van der Waals surface area (Å²) in [6.45, 7) is 5.71. The summed E-state index contributed by atoms with van der Waals surface area (Å²) in [7, 11) is 0. The van der Waals surface area contributed by atoms with Crippen molar-refractivity contribution in [1.82, 2.24) is 0 Å². The third-order valence-electron chi connectivity index (χ3n) is 5.21. The molecule has 1 amide bonds. The zero-order valence-electron chi connectivity index (χ0n) is 17.1. The molecule has 0 bridgehead atoms. The molecule has 0 radical (unpaired) electrons. The normalized spacial score (nSPS) is 14.3. The number of benzene rings is 2. The standard InChI is InChI=1S/C22H25N3O5/c1-3-30-22(27)16-4-7-18(8-5-16)23-21(26)17-6-9-19(20(14-17)25(28)29)24-12-10-15(2)11-13-24/h4-9,14-15H,3,10-13H2,1-2H3,(H,23,26). The number of nitrogens with one attached hydrogen (secondary N) is 1. The molecule has 8 heteroatoms. The SMILES string of the molecule is CCOC(=O)c1ccc(NC(=O)c2ccc(N3CCC(C)CC3)c([N+](=O)[O-])c2)cc1. The lowest BCUT2D eigenvalue weighted by Gasteiger charge is -2.31. The van der Waals surface area contributed by atoms with E-state index in [9.17, 15) is 19.7 Å². The fraction of sp³-hybridized carbons (Fsp3) is 0.364. The van der Waals surface area contributed by atoms with Crippen LogP contribution in [0.5, 0.6) is 0 Å². The maximum absolute atomic E-state index is 12.6. The molecule has 158 valence electrons. The van der Waals surface area contributed by atoms with E-state index in [0.717, 1.165) is 25.9 Å². The number of piperidine rings is 1. The van der Waals surface area contributed by atoms with Crippen LogP contribution in [0.4, 0.5) is 17.1 Å². The number of nitro groups is 1. The van der Waals surface area contributed by atoms with Crippen molar-refractivity contribution in [2.45, 2.75) is 26.7 Å². The van der Waals surface area contributed by atoms with Crippen molar-refractivity contribution in [3.05, 3.63) is 63.7 Å². The van der Waals surface area contributed by atoms with Gasteiger partial charge in [0.25, 0.3) is 11.6 Å². The molecular weight excluding hydrogens is 386 g/mol. The molecular formula is C22H25N3O5. The van der Waals surface area contributed by atoms with E-state index in [2.05, 4.69) is 12.2 Å². The molecule has 1 saturated heterocycles. The fourth-order valence-corrected chi connectivity index (χ4v) is 3.44. The highest BCUT2D eigenvalue weighted by atomic mass is 16.6. The molecule has 8 nitrogen and oxygen atoms in total. The van der Waals surface area contributed by atoms with Crippen molar-refractivity contribution in [1.29, 1.82) is 0 Å². The molecule has 1 aliphatic heterocycles. The predicted molar refractivity (Wildman–Crippen MR) is 114 cm³/mol. The molecule has 1 aliphatic rings. The maximum Gasteiger partial charge on any atom is 0.338 e. The summed E-state index contributed by atoms with van der Waals surface area (Å²) in [5, 5.41) is 14.3. The average Bonchev–Trinajstić information content (AvgIpc) is 2.74. The van der Waals surface area contributed by atoms with Crippen LogP contribution in [0.15, 0.2) is 42.5 Å². The van der Waals surface area contributed by atoms with Gasteiger partial charge in [-0.25, -0.2) is 4.79 Å². The van der Waals surface area contributed by atoms with Crippen LogP contribution in [-0.2, 0) is 4.74 Å². The molecule has 1 heterocycles. The van der Waals surface area contributed by atoms with Gasteiger partial charge in [-0.1, -0.05) is 6.92 Å². The zero-order valence-corrected chi connectivity index (χ0v) is 17.1. The minimum absolute atomic E-state index is 0.0742. The van der Waals surface area contributed by atoms with E-state index in [1.807, 2.05) is 4.90 Å². The summed E-state index contributed by atoms with van der Waals surface area (Å²) in [4.78, 5) is 37.5. The van der Waals surface area contributed by atoms with Crippen molar-refractivity contribution >= 4 is 28.9 Å². The zero-order chi connectivity index (χ0) is 21.7. The summed E-state index contributed by atoms with van der Waals surface area (Å²) >= 11 is 0. The van der Waals surface area contributed by atoms with Crippen LogP contribution in [0.25, 0.3) is 0 Å². The number of carbonyl (C=O) groups excluding carboxylic acids is 2. The Labute approximate surface area is 175 Å². The van der Waals surface area contributed by atoms with Crippen LogP contribution in [0.2, 0.25) is 0 Å². The number of anilines is 2. The third-order valence-corrected chi connectivity index (χ3v) is 5.21. The van der Waals surface area contributed by atoms with Gasteiger partial charge in [0.1, 0.15) is 5.69 Å². The Morgan fingerprint density at radius 2 is 1.77 bits per heavy atom. The second-order valence-electron chi connectivity index (χ2n) is 7.38. The highest BCUT2D eigenvalue weighted by Crippen LogP contribution is 2.32. The number of ether oxygens (including phenoxy) is 1. The van der Waals surface area contributed by atoms with Gasteiger partial charge in [0.2, 0.25) is 0 Å². The average molecular weight is 411 g/mol. The van der Waals surface area contributed by atoms with E-state index < -0.39 is 16.8 Å². The Kier molecular flexibility index (Phi) is 6.66. The monoisotopic (exact) mass is 411 g/mol. The minimum Gasteiger partial charge on any atom is -0.462 e. The summed E-state index contributed by atoms with van der Waals surface area (Å²) in [5.74, 6) is -0.282. The molecule has 0 spiro atoms. The van der Waals surface area contributed by atoms with Gasteiger partial charge in [-0.3, -0.25) is 14.9 Å². The van der Waals surface area contributed by atoms with E-state index in [1.165, 1.54) is 6.07 Å². The van der Waals surface area contributed by atoms with Crippen LogP contribution in [0.1, 0.15) is 47.4 Å². The quantitative estimate of drug-likeness (QED) is 0.433. The van der Waals surface area contributed by atoms with Crippen molar-refractivity contribution in [3.63, 3.8) is 0 Å². The van der Waals surface area contributed by atoms with Gasteiger partial charge >= 0.3 is 5.97 Å². The van der Waals surface area contributed by atoms with E-state index in [1.54, 1.807) is 43.3 Å². The summed E-state index contributed by atoms with van der Waals surface area (Å²) < 4.78 is 4.93. The molecule has 0 unspecified atom stereocenters. The van der Waals surface area contributed by atoms with Gasteiger partial charge in [-0.15, -0.1) is 0 Å². The van der Waals surface area contributed by atoms with Crippen molar-refractivity contribution in [2.75, 3.05) is 29.9 Å². The van der Waals surface area contributed by atoms with Crippen LogP contribution < -0.4 is 10.2 Å². The Hall–Kier alpha value is -3.42. The van der Waals surface area contributed by atoms with Crippen LogP contribution in [0.3, 0.4) is 0 Å².